The standard InChI is InChI=1S/C66H103NO28/c1-28(26-85-59-53(81)49(77)46(74)40(22-68)88-59)18-32(19-30-8-11-33(12-9-30)67(5)6)66(84-7)29(2)44-39(95-66)21-37-35-13-10-31-20-34(14-16-64(31,3)36(35)15-17-65(37,44)4)87-61-55(83)51(79)56(43(25-71)91-61)92-63-58(94-62-54(82)50(78)47(75)41(23-69)89-62)57(48(76)42(24-70)90-63)93-60-52(80)45(73)38(72)27-86-60/h8-12,19,28-29,34-63,68-83H,13-18,20-27H2,1-7H3/t28?,29-,34-,35+,36-,37-,38+,39-,40+,41+,42+,43+,44-,45-,46+,47+,48+,49-,50-,51+,52+,53+,54+,55+,56-,57-,58+,59+,60-,61+,62-,63-,64-,65-,66?/m0/s1. The van der Waals surface area contributed by atoms with Gasteiger partial charge in [0.1, 0.15) is 116 Å². The maximum absolute atomic E-state index is 12.0. The number of hydrogen-bond donors (Lipinski definition) is 16. The van der Waals surface area contributed by atoms with Crippen LogP contribution in [0.5, 0.6) is 0 Å². The Labute approximate surface area is 552 Å². The van der Waals surface area contributed by atoms with E-state index in [1.807, 2.05) is 25.9 Å². The van der Waals surface area contributed by atoms with Gasteiger partial charge >= 0.3 is 0 Å². The van der Waals surface area contributed by atoms with Gasteiger partial charge in [0.15, 0.2) is 37.2 Å². The molecular weight excluding hydrogens is 1250 g/mol. The van der Waals surface area contributed by atoms with Gasteiger partial charge in [0.25, 0.3) is 0 Å². The molecule has 29 nitrogen and oxygen atoms in total. The largest absolute Gasteiger partial charge is 0.394 e. The molecule has 0 spiro atoms. The number of aliphatic hydroxyl groups is 16. The monoisotopic (exact) mass is 1360 g/mol. The van der Waals surface area contributed by atoms with Gasteiger partial charge < -0.3 is 143 Å². The van der Waals surface area contributed by atoms with E-state index in [1.165, 1.54) is 5.57 Å². The van der Waals surface area contributed by atoms with Crippen molar-refractivity contribution in [2.45, 2.75) is 244 Å². The topological polar surface area (TPSA) is 438 Å². The highest BCUT2D eigenvalue weighted by Gasteiger charge is 2.69. The van der Waals surface area contributed by atoms with Crippen LogP contribution in [-0.4, -0.2) is 308 Å². The number of ether oxygens (including phenoxy) is 12. The highest BCUT2D eigenvalue weighted by atomic mass is 16.8. The zero-order chi connectivity index (χ0) is 68.5. The molecule has 16 N–H and O–H groups in total. The molecule has 11 rings (SSSR count). The number of methoxy groups -OCH3 is 1. The van der Waals surface area contributed by atoms with Crippen molar-refractivity contribution in [3.8, 4) is 0 Å². The molecule has 1 aromatic rings. The molecule has 0 bridgehead atoms. The summed E-state index contributed by atoms with van der Waals surface area (Å²) in [6.45, 7) is 5.45. The number of nitrogens with zero attached hydrogens (tertiary/aromatic N) is 1. The van der Waals surface area contributed by atoms with Gasteiger partial charge in [0.05, 0.1) is 51.8 Å². The molecule has 0 radical (unpaired) electrons. The lowest BCUT2D eigenvalue weighted by Crippen LogP contribution is -2.68. The maximum atomic E-state index is 12.0. The summed E-state index contributed by atoms with van der Waals surface area (Å²) in [5, 5.41) is 172. The predicted molar refractivity (Wildman–Crippen MR) is 327 cm³/mol. The van der Waals surface area contributed by atoms with E-state index >= 15 is 0 Å². The molecule has 6 heterocycles. The molecule has 3 saturated carbocycles. The summed E-state index contributed by atoms with van der Waals surface area (Å²) in [5.74, 6) is -0.201. The van der Waals surface area contributed by atoms with E-state index < -0.39 is 192 Å². The van der Waals surface area contributed by atoms with E-state index in [2.05, 4.69) is 57.2 Å². The Morgan fingerprint density at radius 1 is 0.621 bits per heavy atom. The average molecular weight is 1360 g/mol. The summed E-state index contributed by atoms with van der Waals surface area (Å²) in [6.07, 6.45) is -31.0. The van der Waals surface area contributed by atoms with Gasteiger partial charge in [-0.15, -0.1) is 0 Å². The van der Waals surface area contributed by atoms with Crippen LogP contribution in [0.25, 0.3) is 6.08 Å². The second-order valence-electron chi connectivity index (χ2n) is 29.1. The second-order valence-corrected chi connectivity index (χ2v) is 29.1. The van der Waals surface area contributed by atoms with Crippen LogP contribution in [0.3, 0.4) is 0 Å². The molecule has 95 heavy (non-hydrogen) atoms. The summed E-state index contributed by atoms with van der Waals surface area (Å²) >= 11 is 0. The number of aliphatic hydroxyl groups excluding tert-OH is 16. The average Bonchev–Trinajstić information content (AvgIpc) is 1.55. The van der Waals surface area contributed by atoms with Gasteiger partial charge in [-0.25, -0.2) is 0 Å². The number of anilines is 1. The SMILES string of the molecule is COC1(C(=Cc2ccc(N(C)C)cc2)CC(C)CO[C@@H]2O[C@H](CO)[C@@H](O)[C@H](O)[C@H]2O)O[C@H]2C[C@H]3[C@@H]4CC=C5C[C@@H](O[C@@H]6O[C@H](CO)[C@H](O[C@@H]7O[C@H](CO)[C@@H](O)[C@H](O[C@@H]8OC[C@@H](O)[C@H](O)[C@H]8O)[C@H]7O[C@@H]7O[C@H](CO)[C@@H](O)[C@H](O)[C@H]7O)[C@H](O)[C@H]6O)CC[C@]5(C)[C@H]4CC[C@]3(C)[C@H]2[C@@H]1C. The Hall–Kier alpha value is -2.62. The van der Waals surface area contributed by atoms with Crippen molar-refractivity contribution in [1.82, 2.24) is 0 Å². The molecule has 35 atom stereocenters. The van der Waals surface area contributed by atoms with Crippen molar-refractivity contribution in [2.75, 3.05) is 65.7 Å². The van der Waals surface area contributed by atoms with Crippen molar-refractivity contribution < 1.29 is 139 Å². The Balaban J connectivity index is 0.766. The normalized spacial score (nSPS) is 49.7. The molecule has 6 aliphatic heterocycles. The first-order chi connectivity index (χ1) is 45.2. The van der Waals surface area contributed by atoms with Crippen LogP contribution < -0.4 is 4.90 Å². The smallest absolute Gasteiger partial charge is 0.194 e. The molecular formula is C66H103NO28. The maximum Gasteiger partial charge on any atom is 0.194 e. The fraction of sp³-hybridized carbons (Fsp3) is 0.848. The van der Waals surface area contributed by atoms with Crippen molar-refractivity contribution in [1.29, 1.82) is 0 Å². The zero-order valence-corrected chi connectivity index (χ0v) is 54.8. The van der Waals surface area contributed by atoms with E-state index in [-0.39, 0.29) is 41.3 Å². The first-order valence-electron chi connectivity index (χ1n) is 33.6. The van der Waals surface area contributed by atoms with Crippen LogP contribution in [-0.2, 0) is 56.8 Å². The summed E-state index contributed by atoms with van der Waals surface area (Å²) < 4.78 is 74.0. The third-order valence-electron chi connectivity index (χ3n) is 23.2. The van der Waals surface area contributed by atoms with Gasteiger partial charge in [-0.1, -0.05) is 57.6 Å². The van der Waals surface area contributed by atoms with Crippen LogP contribution >= 0.6 is 0 Å². The van der Waals surface area contributed by atoms with E-state index in [0.29, 0.717) is 37.0 Å². The summed E-state index contributed by atoms with van der Waals surface area (Å²) in [5.41, 5.74) is 3.87. The van der Waals surface area contributed by atoms with Gasteiger partial charge in [-0.05, 0) is 115 Å². The van der Waals surface area contributed by atoms with Gasteiger partial charge in [0.2, 0.25) is 0 Å². The lowest BCUT2D eigenvalue weighted by molar-refractivity contribution is -0.403. The molecule has 0 aromatic heterocycles. The molecule has 29 heteroatoms. The fourth-order valence-corrected chi connectivity index (χ4v) is 17.9. The van der Waals surface area contributed by atoms with E-state index in [1.54, 1.807) is 7.11 Å². The summed E-state index contributed by atoms with van der Waals surface area (Å²) in [6, 6.07) is 8.26. The third-order valence-corrected chi connectivity index (χ3v) is 23.2. The lowest BCUT2D eigenvalue weighted by Gasteiger charge is -2.58. The molecule has 9 fully saturated rings. The number of rotatable bonds is 21. The van der Waals surface area contributed by atoms with Crippen LogP contribution in [0.2, 0.25) is 0 Å². The first-order valence-corrected chi connectivity index (χ1v) is 33.6. The van der Waals surface area contributed by atoms with Crippen molar-refractivity contribution >= 4 is 11.8 Å². The van der Waals surface area contributed by atoms with Gasteiger partial charge in [0, 0.05) is 32.8 Å². The van der Waals surface area contributed by atoms with Crippen LogP contribution in [0.1, 0.15) is 84.6 Å². The van der Waals surface area contributed by atoms with Crippen molar-refractivity contribution in [2.24, 2.45) is 46.3 Å². The van der Waals surface area contributed by atoms with E-state index in [0.717, 1.165) is 48.9 Å². The second kappa shape index (κ2) is 29.8. The number of allylic oxidation sites excluding steroid dienone is 1. The van der Waals surface area contributed by atoms with Gasteiger partial charge in [-0.3, -0.25) is 0 Å². The lowest BCUT2D eigenvalue weighted by atomic mass is 9.47. The number of fused-ring (bicyclic) bond motifs is 7. The Morgan fingerprint density at radius 2 is 1.19 bits per heavy atom. The quantitative estimate of drug-likeness (QED) is 0.0540. The Bertz CT molecular complexity index is 2750. The predicted octanol–water partition coefficient (Wildman–Crippen LogP) is -3.16. The highest BCUT2D eigenvalue weighted by molar-refractivity contribution is 5.59. The molecule has 1 aromatic carbocycles. The molecule has 2 unspecified atom stereocenters. The van der Waals surface area contributed by atoms with Crippen molar-refractivity contribution in [3.05, 3.63) is 47.1 Å². The van der Waals surface area contributed by atoms with Gasteiger partial charge in [-0.2, -0.15) is 0 Å². The van der Waals surface area contributed by atoms with Crippen molar-refractivity contribution in [3.63, 3.8) is 0 Å². The van der Waals surface area contributed by atoms with Crippen LogP contribution in [0.4, 0.5) is 5.69 Å². The summed E-state index contributed by atoms with van der Waals surface area (Å²) in [7, 11) is 5.68. The highest BCUT2D eigenvalue weighted by Crippen LogP contribution is 2.71. The van der Waals surface area contributed by atoms with E-state index in [4.69, 9.17) is 56.8 Å². The number of hydrogen-bond acceptors (Lipinski definition) is 29. The van der Waals surface area contributed by atoms with Crippen LogP contribution in [0, 0.1) is 46.3 Å². The number of benzene rings is 1. The minimum Gasteiger partial charge on any atom is -0.394 e. The summed E-state index contributed by atoms with van der Waals surface area (Å²) in [4.78, 5) is 2.04. The Morgan fingerprint density at radius 3 is 1.83 bits per heavy atom. The fourth-order valence-electron chi connectivity index (χ4n) is 17.9. The minimum absolute atomic E-state index is 0.0849. The minimum atomic E-state index is -2.03. The first kappa shape index (κ1) is 73.6. The molecule has 540 valence electrons. The zero-order valence-electron chi connectivity index (χ0n) is 54.8. The van der Waals surface area contributed by atoms with E-state index in [9.17, 15) is 81.7 Å². The molecule has 10 aliphatic rings. The van der Waals surface area contributed by atoms with Crippen LogP contribution in [0.15, 0.2) is 41.5 Å². The molecule has 0 amide bonds. The Kier molecular flexibility index (Phi) is 23.1. The molecule has 4 aliphatic carbocycles. The molecule has 6 saturated heterocycles. The third kappa shape index (κ3) is 13.8.